The van der Waals surface area contributed by atoms with Gasteiger partial charge in [-0.2, -0.15) is 0 Å². The zero-order valence-electron chi connectivity index (χ0n) is 11.8. The molecule has 1 aromatic carbocycles. The number of hydrogen-bond acceptors (Lipinski definition) is 4. The van der Waals surface area contributed by atoms with Crippen LogP contribution in [0.3, 0.4) is 0 Å². The third-order valence-electron chi connectivity index (χ3n) is 2.82. The van der Waals surface area contributed by atoms with Crippen molar-refractivity contribution in [2.24, 2.45) is 0 Å². The van der Waals surface area contributed by atoms with Gasteiger partial charge in [0.2, 0.25) is 0 Å². The third kappa shape index (κ3) is 3.02. The van der Waals surface area contributed by atoms with Crippen LogP contribution in [0.5, 0.6) is 5.75 Å². The summed E-state index contributed by atoms with van der Waals surface area (Å²) in [7, 11) is 1.86. The summed E-state index contributed by atoms with van der Waals surface area (Å²) >= 11 is 0. The summed E-state index contributed by atoms with van der Waals surface area (Å²) in [4.78, 5) is 8.55. The van der Waals surface area contributed by atoms with Gasteiger partial charge < -0.3 is 10.1 Å². The highest BCUT2D eigenvalue weighted by Crippen LogP contribution is 2.26. The Kier molecular flexibility index (Phi) is 4.00. The lowest BCUT2D eigenvalue weighted by atomic mass is 10.1. The average molecular weight is 257 g/mol. The summed E-state index contributed by atoms with van der Waals surface area (Å²) in [5.41, 5.74) is 3.05. The van der Waals surface area contributed by atoms with E-state index in [-0.39, 0.29) is 6.10 Å². The summed E-state index contributed by atoms with van der Waals surface area (Å²) in [6, 6.07) is 7.98. The van der Waals surface area contributed by atoms with Crippen LogP contribution in [0.25, 0.3) is 11.3 Å². The van der Waals surface area contributed by atoms with E-state index < -0.39 is 0 Å². The van der Waals surface area contributed by atoms with E-state index in [0.717, 1.165) is 28.4 Å². The Labute approximate surface area is 113 Å². The second-order valence-electron chi connectivity index (χ2n) is 4.64. The first-order valence-electron chi connectivity index (χ1n) is 6.38. The van der Waals surface area contributed by atoms with Gasteiger partial charge in [0.15, 0.2) is 0 Å². The van der Waals surface area contributed by atoms with Gasteiger partial charge in [-0.15, -0.1) is 0 Å². The molecule has 19 heavy (non-hydrogen) atoms. The molecule has 0 radical (unpaired) electrons. The molecule has 100 valence electrons. The SMILES string of the molecule is CNc1ncnc(-c2ccc(OC(C)C)cc2)c1C. The average Bonchev–Trinajstić information content (AvgIpc) is 2.39. The third-order valence-corrected chi connectivity index (χ3v) is 2.82. The quantitative estimate of drug-likeness (QED) is 0.913. The number of hydrogen-bond donors (Lipinski definition) is 1. The first-order chi connectivity index (χ1) is 9.11. The van der Waals surface area contributed by atoms with Crippen molar-refractivity contribution in [1.82, 2.24) is 9.97 Å². The van der Waals surface area contributed by atoms with Gasteiger partial charge in [0.05, 0.1) is 11.8 Å². The summed E-state index contributed by atoms with van der Waals surface area (Å²) < 4.78 is 5.64. The van der Waals surface area contributed by atoms with Gasteiger partial charge in [-0.1, -0.05) is 0 Å². The smallest absolute Gasteiger partial charge is 0.132 e. The van der Waals surface area contributed by atoms with Gasteiger partial charge in [0.25, 0.3) is 0 Å². The van der Waals surface area contributed by atoms with Crippen molar-refractivity contribution in [3.63, 3.8) is 0 Å². The van der Waals surface area contributed by atoms with E-state index in [2.05, 4.69) is 15.3 Å². The molecule has 0 spiro atoms. The molecule has 1 aromatic heterocycles. The molecule has 0 amide bonds. The van der Waals surface area contributed by atoms with Crippen LogP contribution in [-0.2, 0) is 0 Å². The van der Waals surface area contributed by atoms with E-state index in [0.29, 0.717) is 0 Å². The van der Waals surface area contributed by atoms with Gasteiger partial charge in [-0.25, -0.2) is 9.97 Å². The molecule has 0 atom stereocenters. The van der Waals surface area contributed by atoms with E-state index in [9.17, 15) is 0 Å². The molecule has 4 nitrogen and oxygen atoms in total. The van der Waals surface area contributed by atoms with Crippen molar-refractivity contribution >= 4 is 5.82 Å². The van der Waals surface area contributed by atoms with Crippen molar-refractivity contribution in [2.45, 2.75) is 26.9 Å². The highest BCUT2D eigenvalue weighted by atomic mass is 16.5. The molecule has 4 heteroatoms. The molecule has 1 heterocycles. The Balaban J connectivity index is 2.32. The molecule has 1 N–H and O–H groups in total. The van der Waals surface area contributed by atoms with Crippen molar-refractivity contribution in [1.29, 1.82) is 0 Å². The van der Waals surface area contributed by atoms with Crippen molar-refractivity contribution < 1.29 is 4.74 Å². The molecule has 0 fully saturated rings. The van der Waals surface area contributed by atoms with Crippen molar-refractivity contribution in [3.05, 3.63) is 36.2 Å². The molecule has 0 aliphatic heterocycles. The summed E-state index contributed by atoms with van der Waals surface area (Å²) in [5.74, 6) is 1.73. The van der Waals surface area contributed by atoms with Crippen LogP contribution < -0.4 is 10.1 Å². The minimum atomic E-state index is 0.183. The number of nitrogens with one attached hydrogen (secondary N) is 1. The number of nitrogens with zero attached hydrogens (tertiary/aromatic N) is 2. The maximum atomic E-state index is 5.64. The van der Waals surface area contributed by atoms with Crippen LogP contribution in [0.1, 0.15) is 19.4 Å². The molecular formula is C15H19N3O. The van der Waals surface area contributed by atoms with Crippen LogP contribution in [-0.4, -0.2) is 23.1 Å². The Morgan fingerprint density at radius 3 is 2.37 bits per heavy atom. The van der Waals surface area contributed by atoms with Crippen LogP contribution >= 0.6 is 0 Å². The van der Waals surface area contributed by atoms with E-state index in [1.54, 1.807) is 6.33 Å². The van der Waals surface area contributed by atoms with Gasteiger partial charge in [0, 0.05) is 18.2 Å². The van der Waals surface area contributed by atoms with Crippen LogP contribution in [0.2, 0.25) is 0 Å². The van der Waals surface area contributed by atoms with Gasteiger partial charge in [-0.05, 0) is 45.0 Å². The van der Waals surface area contributed by atoms with Crippen LogP contribution in [0.15, 0.2) is 30.6 Å². The molecule has 0 saturated heterocycles. The zero-order valence-corrected chi connectivity index (χ0v) is 11.8. The molecule has 0 bridgehead atoms. The summed E-state index contributed by atoms with van der Waals surface area (Å²) in [5, 5.41) is 3.07. The largest absolute Gasteiger partial charge is 0.491 e. The standard InChI is InChI=1S/C15H19N3O/c1-10(2)19-13-7-5-12(6-8-13)14-11(3)15(16-4)18-9-17-14/h5-10H,1-4H3,(H,16,17,18). The number of rotatable bonds is 4. The second kappa shape index (κ2) is 5.69. The van der Waals surface area contributed by atoms with Gasteiger partial charge >= 0.3 is 0 Å². The fourth-order valence-corrected chi connectivity index (χ4v) is 1.96. The summed E-state index contributed by atoms with van der Waals surface area (Å²) in [6.07, 6.45) is 1.76. The van der Waals surface area contributed by atoms with E-state index in [1.165, 1.54) is 0 Å². The maximum absolute atomic E-state index is 5.64. The van der Waals surface area contributed by atoms with Crippen LogP contribution in [0.4, 0.5) is 5.82 Å². The normalized spacial score (nSPS) is 10.6. The Morgan fingerprint density at radius 2 is 1.79 bits per heavy atom. The first-order valence-corrected chi connectivity index (χ1v) is 6.38. The molecule has 0 unspecified atom stereocenters. The summed E-state index contributed by atoms with van der Waals surface area (Å²) in [6.45, 7) is 6.04. The number of benzene rings is 1. The van der Waals surface area contributed by atoms with Crippen molar-refractivity contribution in [3.8, 4) is 17.0 Å². The minimum absolute atomic E-state index is 0.183. The highest BCUT2D eigenvalue weighted by Gasteiger charge is 2.08. The van der Waals surface area contributed by atoms with E-state index in [1.807, 2.05) is 52.1 Å². The maximum Gasteiger partial charge on any atom is 0.132 e. The van der Waals surface area contributed by atoms with Crippen LogP contribution in [0, 0.1) is 6.92 Å². The zero-order chi connectivity index (χ0) is 13.8. The highest BCUT2D eigenvalue weighted by molar-refractivity contribution is 5.68. The molecule has 0 saturated carbocycles. The molecule has 0 aliphatic carbocycles. The van der Waals surface area contributed by atoms with Gasteiger partial charge in [-0.3, -0.25) is 0 Å². The lowest BCUT2D eigenvalue weighted by molar-refractivity contribution is 0.242. The Morgan fingerprint density at radius 1 is 1.11 bits per heavy atom. The Hall–Kier alpha value is -2.10. The monoisotopic (exact) mass is 257 g/mol. The molecule has 2 aromatic rings. The molecule has 0 aliphatic rings. The second-order valence-corrected chi connectivity index (χ2v) is 4.64. The lowest BCUT2D eigenvalue weighted by Gasteiger charge is -2.11. The lowest BCUT2D eigenvalue weighted by Crippen LogP contribution is -2.05. The number of anilines is 1. The Bertz CT molecular complexity index is 550. The number of ether oxygens (including phenoxy) is 1. The molecular weight excluding hydrogens is 238 g/mol. The topological polar surface area (TPSA) is 47.0 Å². The predicted molar refractivity (Wildman–Crippen MR) is 77.5 cm³/mol. The first kappa shape index (κ1) is 13.3. The van der Waals surface area contributed by atoms with Gasteiger partial charge in [0.1, 0.15) is 17.9 Å². The number of aromatic nitrogens is 2. The van der Waals surface area contributed by atoms with E-state index in [4.69, 9.17) is 4.74 Å². The minimum Gasteiger partial charge on any atom is -0.491 e. The fraction of sp³-hybridized carbons (Fsp3) is 0.333. The predicted octanol–water partition coefficient (Wildman–Crippen LogP) is 3.28. The van der Waals surface area contributed by atoms with E-state index >= 15 is 0 Å². The fourth-order valence-electron chi connectivity index (χ4n) is 1.96. The van der Waals surface area contributed by atoms with Crippen molar-refractivity contribution in [2.75, 3.05) is 12.4 Å². The molecule has 2 rings (SSSR count).